The molecule has 1 N–H and O–H groups in total. The Labute approximate surface area is 85.0 Å². The first-order valence-electron chi connectivity index (χ1n) is 4.61. The first-order valence-corrected chi connectivity index (χ1v) is 4.61. The number of nitrogens with one attached hydrogen (secondary N) is 1. The molecule has 1 aliphatic rings. The number of hydrogen-bond acceptors (Lipinski definition) is 2. The quantitative estimate of drug-likeness (QED) is 0.719. The average molecular weight is 217 g/mol. The Balaban J connectivity index is 2.36. The van der Waals surface area contributed by atoms with Gasteiger partial charge in [-0.05, 0) is 18.2 Å². The number of fused-ring (bicyclic) bond motifs is 1. The normalized spacial score (nSPS) is 16.5. The van der Waals surface area contributed by atoms with Crippen molar-refractivity contribution >= 4 is 0 Å². The minimum atomic E-state index is -4.29. The molecule has 2 rings (SSSR count). The molecule has 82 valence electrons. The fraction of sp³-hybridized carbons (Fsp3) is 0.400. The van der Waals surface area contributed by atoms with Gasteiger partial charge in [0.15, 0.2) is 0 Å². The predicted molar refractivity (Wildman–Crippen MR) is 48.6 cm³/mol. The van der Waals surface area contributed by atoms with E-state index in [1.165, 1.54) is 6.07 Å². The highest BCUT2D eigenvalue weighted by Gasteiger charge is 2.31. The van der Waals surface area contributed by atoms with Gasteiger partial charge < -0.3 is 10.1 Å². The van der Waals surface area contributed by atoms with Crippen molar-refractivity contribution in [1.29, 1.82) is 0 Å². The van der Waals surface area contributed by atoms with Crippen LogP contribution in [0.3, 0.4) is 0 Å². The van der Waals surface area contributed by atoms with E-state index in [9.17, 15) is 13.2 Å². The van der Waals surface area contributed by atoms with Crippen LogP contribution in [0.1, 0.15) is 11.1 Å². The molecule has 0 saturated heterocycles. The second-order valence-electron chi connectivity index (χ2n) is 3.35. The fourth-order valence-electron chi connectivity index (χ4n) is 1.49. The molecule has 1 heterocycles. The highest BCUT2D eigenvalue weighted by atomic mass is 19.4. The lowest BCUT2D eigenvalue weighted by atomic mass is 10.1. The van der Waals surface area contributed by atoms with Crippen molar-refractivity contribution in [3.8, 4) is 5.75 Å². The van der Waals surface area contributed by atoms with E-state index >= 15 is 0 Å². The van der Waals surface area contributed by atoms with Gasteiger partial charge >= 0.3 is 6.18 Å². The summed E-state index contributed by atoms with van der Waals surface area (Å²) in [4.78, 5) is 0. The highest BCUT2D eigenvalue weighted by molar-refractivity contribution is 5.38. The summed E-state index contributed by atoms with van der Waals surface area (Å²) in [6.45, 7) is 1.55. The Morgan fingerprint density at radius 1 is 1.27 bits per heavy atom. The maximum absolute atomic E-state index is 12.4. The first-order chi connectivity index (χ1) is 7.07. The van der Waals surface area contributed by atoms with Gasteiger partial charge in [0.1, 0.15) is 12.4 Å². The standard InChI is InChI=1S/C10H10F3NO/c11-10(12,13)8-1-2-9-7(5-8)6-14-3-4-15-9/h1-2,5,14H,3-4,6H2. The van der Waals surface area contributed by atoms with E-state index in [1.54, 1.807) is 0 Å². The van der Waals surface area contributed by atoms with Crippen LogP contribution in [0.25, 0.3) is 0 Å². The summed E-state index contributed by atoms with van der Waals surface area (Å²) in [7, 11) is 0. The number of benzene rings is 1. The molecule has 0 spiro atoms. The second-order valence-corrected chi connectivity index (χ2v) is 3.35. The monoisotopic (exact) mass is 217 g/mol. The predicted octanol–water partition coefficient (Wildman–Crippen LogP) is 2.19. The highest BCUT2D eigenvalue weighted by Crippen LogP contribution is 2.32. The molecule has 0 aromatic heterocycles. The third-order valence-electron chi connectivity index (χ3n) is 2.24. The van der Waals surface area contributed by atoms with Gasteiger partial charge in [-0.25, -0.2) is 0 Å². The van der Waals surface area contributed by atoms with Gasteiger partial charge in [-0.1, -0.05) is 0 Å². The molecule has 0 bridgehead atoms. The van der Waals surface area contributed by atoms with Crippen molar-refractivity contribution in [2.75, 3.05) is 13.2 Å². The number of halogens is 3. The molecule has 0 amide bonds. The van der Waals surface area contributed by atoms with Gasteiger partial charge in [-0.3, -0.25) is 0 Å². The third kappa shape index (κ3) is 2.23. The average Bonchev–Trinajstić information content (AvgIpc) is 2.39. The number of ether oxygens (including phenoxy) is 1. The van der Waals surface area contributed by atoms with Crippen LogP contribution in [0, 0.1) is 0 Å². The van der Waals surface area contributed by atoms with Gasteiger partial charge in [0.25, 0.3) is 0 Å². The minimum Gasteiger partial charge on any atom is -0.492 e. The minimum absolute atomic E-state index is 0.416. The van der Waals surface area contributed by atoms with E-state index < -0.39 is 11.7 Å². The van der Waals surface area contributed by atoms with Crippen LogP contribution in [-0.4, -0.2) is 13.2 Å². The Morgan fingerprint density at radius 2 is 2.07 bits per heavy atom. The number of alkyl halides is 3. The van der Waals surface area contributed by atoms with Gasteiger partial charge in [0.2, 0.25) is 0 Å². The number of hydrogen-bond donors (Lipinski definition) is 1. The lowest BCUT2D eigenvalue weighted by molar-refractivity contribution is -0.137. The molecule has 0 saturated carbocycles. The molecule has 0 radical (unpaired) electrons. The van der Waals surface area contributed by atoms with E-state index in [0.717, 1.165) is 12.1 Å². The lowest BCUT2D eigenvalue weighted by Crippen LogP contribution is -2.16. The van der Waals surface area contributed by atoms with Crippen LogP contribution >= 0.6 is 0 Å². The van der Waals surface area contributed by atoms with E-state index in [0.29, 0.717) is 31.0 Å². The molecule has 15 heavy (non-hydrogen) atoms. The molecule has 0 unspecified atom stereocenters. The SMILES string of the molecule is FC(F)(F)c1ccc2c(c1)CNCCO2. The lowest BCUT2D eigenvalue weighted by Gasteiger charge is -2.11. The first kappa shape index (κ1) is 10.3. The third-order valence-corrected chi connectivity index (χ3v) is 2.24. The summed E-state index contributed by atoms with van der Waals surface area (Å²) >= 11 is 0. The molecule has 0 aliphatic carbocycles. The van der Waals surface area contributed by atoms with Crippen molar-refractivity contribution in [2.24, 2.45) is 0 Å². The van der Waals surface area contributed by atoms with E-state index in [2.05, 4.69) is 5.32 Å². The van der Waals surface area contributed by atoms with Crippen molar-refractivity contribution in [1.82, 2.24) is 5.32 Å². The Morgan fingerprint density at radius 3 is 2.80 bits per heavy atom. The van der Waals surface area contributed by atoms with E-state index in [1.807, 2.05) is 0 Å². The van der Waals surface area contributed by atoms with Gasteiger partial charge in [-0.15, -0.1) is 0 Å². The smallest absolute Gasteiger partial charge is 0.416 e. The summed E-state index contributed by atoms with van der Waals surface area (Å²) in [5.41, 5.74) is -0.0733. The largest absolute Gasteiger partial charge is 0.492 e. The molecule has 1 aromatic rings. The molecule has 1 aromatic carbocycles. The maximum Gasteiger partial charge on any atom is 0.416 e. The summed E-state index contributed by atoms with van der Waals surface area (Å²) < 4.78 is 42.5. The maximum atomic E-state index is 12.4. The molecule has 1 aliphatic heterocycles. The van der Waals surface area contributed by atoms with Gasteiger partial charge in [0.05, 0.1) is 5.56 Å². The zero-order valence-electron chi connectivity index (χ0n) is 7.90. The fourth-order valence-corrected chi connectivity index (χ4v) is 1.49. The molecule has 5 heteroatoms. The van der Waals surface area contributed by atoms with Crippen molar-refractivity contribution in [3.63, 3.8) is 0 Å². The summed E-state index contributed by atoms with van der Waals surface area (Å²) in [5.74, 6) is 0.535. The van der Waals surface area contributed by atoms with Crippen molar-refractivity contribution in [3.05, 3.63) is 29.3 Å². The van der Waals surface area contributed by atoms with Gasteiger partial charge in [0, 0.05) is 18.7 Å². The zero-order chi connectivity index (χ0) is 10.9. The number of rotatable bonds is 0. The van der Waals surface area contributed by atoms with E-state index in [4.69, 9.17) is 4.74 Å². The van der Waals surface area contributed by atoms with E-state index in [-0.39, 0.29) is 0 Å². The van der Waals surface area contributed by atoms with Crippen molar-refractivity contribution in [2.45, 2.75) is 12.7 Å². The molecule has 2 nitrogen and oxygen atoms in total. The summed E-state index contributed by atoms with van der Waals surface area (Å²) in [5, 5.41) is 2.99. The van der Waals surface area contributed by atoms with Gasteiger partial charge in [-0.2, -0.15) is 13.2 Å². The molecular formula is C10H10F3NO. The Hall–Kier alpha value is -1.23. The van der Waals surface area contributed by atoms with Crippen LogP contribution < -0.4 is 10.1 Å². The zero-order valence-corrected chi connectivity index (χ0v) is 7.90. The summed E-state index contributed by atoms with van der Waals surface area (Å²) in [6, 6.07) is 3.56. The topological polar surface area (TPSA) is 21.3 Å². The van der Waals surface area contributed by atoms with Crippen molar-refractivity contribution < 1.29 is 17.9 Å². The van der Waals surface area contributed by atoms with Crippen LogP contribution in [0.15, 0.2) is 18.2 Å². The van der Waals surface area contributed by atoms with Crippen LogP contribution in [-0.2, 0) is 12.7 Å². The Bertz CT molecular complexity index is 362. The van der Waals surface area contributed by atoms with Crippen LogP contribution in [0.2, 0.25) is 0 Å². The molecule has 0 atom stereocenters. The second kappa shape index (κ2) is 3.73. The molecule has 0 fully saturated rings. The molecular weight excluding hydrogens is 207 g/mol. The van der Waals surface area contributed by atoms with Crippen LogP contribution in [0.5, 0.6) is 5.75 Å². The summed E-state index contributed by atoms with van der Waals surface area (Å²) in [6.07, 6.45) is -4.29. The Kier molecular flexibility index (Phi) is 2.56. The van der Waals surface area contributed by atoms with Crippen LogP contribution in [0.4, 0.5) is 13.2 Å².